The van der Waals surface area contributed by atoms with Crippen LogP contribution in [0.3, 0.4) is 0 Å². The van der Waals surface area contributed by atoms with Crippen LogP contribution in [0, 0.1) is 0 Å². The number of H-pyrrole nitrogens is 1. The molecule has 0 saturated heterocycles. The van der Waals surface area contributed by atoms with Gasteiger partial charge in [-0.25, -0.2) is 0 Å². The predicted molar refractivity (Wildman–Crippen MR) is 67.4 cm³/mol. The lowest BCUT2D eigenvalue weighted by molar-refractivity contribution is 0.102. The Hall–Kier alpha value is -1.81. The summed E-state index contributed by atoms with van der Waals surface area (Å²) in [6, 6.07) is 8.70. The largest absolute Gasteiger partial charge is 0.305 e. The Morgan fingerprint density at radius 3 is 2.88 bits per heavy atom. The molecule has 1 aromatic carbocycles. The standard InChI is InChI=1S/C12H12ClN3O/c1-2-8-7-11(16-15-8)14-12(17)9-5-3-4-6-10(9)13/h3-7H,2H2,1H3,(H2,14,15,16,17). The number of nitrogens with zero attached hydrogens (tertiary/aromatic N) is 1. The number of aromatic nitrogens is 2. The molecule has 4 nitrogen and oxygen atoms in total. The summed E-state index contributed by atoms with van der Waals surface area (Å²) in [5.74, 6) is 0.247. The second kappa shape index (κ2) is 5.01. The van der Waals surface area contributed by atoms with E-state index >= 15 is 0 Å². The van der Waals surface area contributed by atoms with Crippen LogP contribution in [0.25, 0.3) is 0 Å². The Balaban J connectivity index is 2.14. The first-order valence-electron chi connectivity index (χ1n) is 5.31. The molecule has 88 valence electrons. The molecule has 0 aliphatic heterocycles. The summed E-state index contributed by atoms with van der Waals surface area (Å²) in [5.41, 5.74) is 1.41. The molecule has 2 rings (SSSR count). The lowest BCUT2D eigenvalue weighted by Crippen LogP contribution is -2.12. The number of rotatable bonds is 3. The number of anilines is 1. The van der Waals surface area contributed by atoms with E-state index in [1.807, 2.05) is 6.92 Å². The molecular weight excluding hydrogens is 238 g/mol. The second-order valence-electron chi connectivity index (χ2n) is 3.57. The Bertz CT molecular complexity index is 536. The highest BCUT2D eigenvalue weighted by Gasteiger charge is 2.11. The quantitative estimate of drug-likeness (QED) is 0.879. The van der Waals surface area contributed by atoms with E-state index in [4.69, 9.17) is 11.6 Å². The van der Waals surface area contributed by atoms with E-state index in [0.717, 1.165) is 12.1 Å². The first-order valence-corrected chi connectivity index (χ1v) is 5.68. The molecule has 0 saturated carbocycles. The Kier molecular flexibility index (Phi) is 3.44. The Labute approximate surface area is 104 Å². The van der Waals surface area contributed by atoms with Crippen molar-refractivity contribution in [1.29, 1.82) is 0 Å². The van der Waals surface area contributed by atoms with E-state index in [0.29, 0.717) is 16.4 Å². The maximum absolute atomic E-state index is 11.9. The fourth-order valence-electron chi connectivity index (χ4n) is 1.44. The van der Waals surface area contributed by atoms with Crippen molar-refractivity contribution < 1.29 is 4.79 Å². The van der Waals surface area contributed by atoms with Crippen molar-refractivity contribution in [2.75, 3.05) is 5.32 Å². The second-order valence-corrected chi connectivity index (χ2v) is 3.97. The van der Waals surface area contributed by atoms with Crippen LogP contribution < -0.4 is 5.32 Å². The summed E-state index contributed by atoms with van der Waals surface area (Å²) in [6.45, 7) is 2.01. The third kappa shape index (κ3) is 2.65. The zero-order valence-electron chi connectivity index (χ0n) is 9.33. The van der Waals surface area contributed by atoms with Gasteiger partial charge in [-0.3, -0.25) is 9.89 Å². The zero-order valence-corrected chi connectivity index (χ0v) is 10.1. The van der Waals surface area contributed by atoms with Crippen LogP contribution >= 0.6 is 11.6 Å². The summed E-state index contributed by atoms with van der Waals surface area (Å²) < 4.78 is 0. The third-order valence-electron chi connectivity index (χ3n) is 2.37. The molecule has 1 heterocycles. The lowest BCUT2D eigenvalue weighted by atomic mass is 10.2. The van der Waals surface area contributed by atoms with Gasteiger partial charge in [0, 0.05) is 11.8 Å². The molecular formula is C12H12ClN3O. The molecule has 0 unspecified atom stereocenters. The average molecular weight is 250 g/mol. The molecule has 0 atom stereocenters. The number of halogens is 1. The van der Waals surface area contributed by atoms with Crippen molar-refractivity contribution >= 4 is 23.3 Å². The van der Waals surface area contributed by atoms with E-state index in [9.17, 15) is 4.79 Å². The molecule has 1 aromatic heterocycles. The Morgan fingerprint density at radius 1 is 1.47 bits per heavy atom. The number of nitrogens with one attached hydrogen (secondary N) is 2. The van der Waals surface area contributed by atoms with E-state index in [1.165, 1.54) is 0 Å². The molecule has 17 heavy (non-hydrogen) atoms. The fourth-order valence-corrected chi connectivity index (χ4v) is 1.66. The van der Waals surface area contributed by atoms with Gasteiger partial charge in [-0.1, -0.05) is 30.7 Å². The molecule has 2 aromatic rings. The topological polar surface area (TPSA) is 57.8 Å². The van der Waals surface area contributed by atoms with Gasteiger partial charge in [-0.05, 0) is 18.6 Å². The SMILES string of the molecule is CCc1cc(NC(=O)c2ccccc2Cl)n[nH]1. The lowest BCUT2D eigenvalue weighted by Gasteiger charge is -2.03. The van der Waals surface area contributed by atoms with Crippen molar-refractivity contribution in [3.8, 4) is 0 Å². The predicted octanol–water partition coefficient (Wildman–Crippen LogP) is 2.88. The number of aromatic amines is 1. The molecule has 5 heteroatoms. The van der Waals surface area contributed by atoms with E-state index < -0.39 is 0 Å². The van der Waals surface area contributed by atoms with Crippen LogP contribution in [0.4, 0.5) is 5.82 Å². The van der Waals surface area contributed by atoms with Crippen molar-refractivity contribution in [1.82, 2.24) is 10.2 Å². The van der Waals surface area contributed by atoms with Crippen molar-refractivity contribution in [3.63, 3.8) is 0 Å². The van der Waals surface area contributed by atoms with E-state index in [-0.39, 0.29) is 5.91 Å². The van der Waals surface area contributed by atoms with Gasteiger partial charge >= 0.3 is 0 Å². The van der Waals surface area contributed by atoms with Crippen LogP contribution in [0.1, 0.15) is 23.0 Å². The fraction of sp³-hybridized carbons (Fsp3) is 0.167. The smallest absolute Gasteiger partial charge is 0.258 e. The van der Waals surface area contributed by atoms with E-state index in [1.54, 1.807) is 30.3 Å². The highest BCUT2D eigenvalue weighted by Crippen LogP contribution is 2.16. The third-order valence-corrected chi connectivity index (χ3v) is 2.70. The summed E-state index contributed by atoms with van der Waals surface area (Å²) >= 11 is 5.93. The van der Waals surface area contributed by atoms with Gasteiger partial charge < -0.3 is 5.32 Å². The van der Waals surface area contributed by atoms with Crippen molar-refractivity contribution in [3.05, 3.63) is 46.6 Å². The first kappa shape index (κ1) is 11.7. The summed E-state index contributed by atoms with van der Waals surface area (Å²) in [7, 11) is 0. The van der Waals surface area contributed by atoms with Crippen LogP contribution in [0.15, 0.2) is 30.3 Å². The molecule has 0 bridgehead atoms. The number of amides is 1. The van der Waals surface area contributed by atoms with Gasteiger partial charge in [-0.15, -0.1) is 0 Å². The van der Waals surface area contributed by atoms with Gasteiger partial charge in [-0.2, -0.15) is 5.10 Å². The average Bonchev–Trinajstić information content (AvgIpc) is 2.77. The summed E-state index contributed by atoms with van der Waals surface area (Å²) in [5, 5.41) is 9.93. The van der Waals surface area contributed by atoms with Crippen LogP contribution in [0.5, 0.6) is 0 Å². The minimum atomic E-state index is -0.259. The highest BCUT2D eigenvalue weighted by atomic mass is 35.5. The molecule has 0 radical (unpaired) electrons. The van der Waals surface area contributed by atoms with Crippen LogP contribution in [-0.2, 0) is 6.42 Å². The van der Waals surface area contributed by atoms with Gasteiger partial charge in [0.05, 0.1) is 10.6 Å². The van der Waals surface area contributed by atoms with E-state index in [2.05, 4.69) is 15.5 Å². The molecule has 0 aliphatic rings. The maximum Gasteiger partial charge on any atom is 0.258 e. The minimum Gasteiger partial charge on any atom is -0.305 e. The number of carbonyl (C=O) groups is 1. The monoisotopic (exact) mass is 249 g/mol. The molecule has 2 N–H and O–H groups in total. The molecule has 1 amide bonds. The Morgan fingerprint density at radius 2 is 2.24 bits per heavy atom. The highest BCUT2D eigenvalue weighted by molar-refractivity contribution is 6.34. The maximum atomic E-state index is 11.9. The molecule has 0 aliphatic carbocycles. The molecule has 0 spiro atoms. The van der Waals surface area contributed by atoms with Gasteiger partial charge in [0.25, 0.3) is 5.91 Å². The van der Waals surface area contributed by atoms with Gasteiger partial charge in [0.2, 0.25) is 0 Å². The number of benzene rings is 1. The zero-order chi connectivity index (χ0) is 12.3. The van der Waals surface area contributed by atoms with Gasteiger partial charge in [0.15, 0.2) is 5.82 Å². The number of carbonyl (C=O) groups excluding carboxylic acids is 1. The molecule has 0 fully saturated rings. The van der Waals surface area contributed by atoms with Crippen molar-refractivity contribution in [2.24, 2.45) is 0 Å². The van der Waals surface area contributed by atoms with Crippen LogP contribution in [0.2, 0.25) is 5.02 Å². The van der Waals surface area contributed by atoms with Gasteiger partial charge in [0.1, 0.15) is 0 Å². The van der Waals surface area contributed by atoms with Crippen molar-refractivity contribution in [2.45, 2.75) is 13.3 Å². The van der Waals surface area contributed by atoms with Crippen LogP contribution in [-0.4, -0.2) is 16.1 Å². The number of aryl methyl sites for hydroxylation is 1. The minimum absolute atomic E-state index is 0.259. The first-order chi connectivity index (χ1) is 8.20. The number of hydrogen-bond donors (Lipinski definition) is 2. The number of hydrogen-bond acceptors (Lipinski definition) is 2. The summed E-state index contributed by atoms with van der Waals surface area (Å²) in [4.78, 5) is 11.9. The normalized spacial score (nSPS) is 10.2. The summed E-state index contributed by atoms with van der Waals surface area (Å²) in [6.07, 6.45) is 0.842.